The molecule has 2 aromatic carbocycles. The first kappa shape index (κ1) is 32.8. The Hall–Kier alpha value is -3.06. The molecule has 6 nitrogen and oxygen atoms in total. The minimum Gasteiger partial charge on any atom is -0.394 e. The number of benzene rings is 2. The van der Waals surface area contributed by atoms with Crippen LogP contribution in [0.1, 0.15) is 37.0 Å². The number of halogens is 8. The molecule has 0 saturated carbocycles. The summed E-state index contributed by atoms with van der Waals surface area (Å²) in [5, 5.41) is 20.5. The standard InChI is InChI=1S/C29H27Cl2F6N3O3/c1-27(2,16-9-17(28(32,33)34)11-18(10-16)29(35,36)37)26(43)39(3)22-13-38-25(40-7-6-24(42)23(40)14-41)12-19(22)15-4-5-20(30)21(31)8-15/h4-5,8-13,23-24,41-42H,6-7,14H2,1-3H3/t23-,24+/m1/s1. The maximum Gasteiger partial charge on any atom is 0.416 e. The van der Waals surface area contributed by atoms with Gasteiger partial charge in [0.15, 0.2) is 0 Å². The third-order valence-electron chi connectivity index (χ3n) is 7.60. The van der Waals surface area contributed by atoms with Gasteiger partial charge in [-0.3, -0.25) is 4.79 Å². The van der Waals surface area contributed by atoms with Gasteiger partial charge in [-0.1, -0.05) is 29.3 Å². The van der Waals surface area contributed by atoms with Gasteiger partial charge < -0.3 is 20.0 Å². The number of amides is 1. The van der Waals surface area contributed by atoms with Gasteiger partial charge >= 0.3 is 12.4 Å². The Morgan fingerprint density at radius 2 is 1.56 bits per heavy atom. The first-order chi connectivity index (χ1) is 19.9. The van der Waals surface area contributed by atoms with Gasteiger partial charge in [-0.15, -0.1) is 0 Å². The van der Waals surface area contributed by atoms with Crippen LogP contribution in [0.2, 0.25) is 10.0 Å². The number of likely N-dealkylation sites (N-methyl/N-ethyl adjacent to an activating group) is 1. The van der Waals surface area contributed by atoms with E-state index in [-0.39, 0.29) is 28.4 Å². The molecule has 3 aromatic rings. The Bertz CT molecular complexity index is 1500. The van der Waals surface area contributed by atoms with Crippen molar-refractivity contribution < 1.29 is 41.4 Å². The molecular weight excluding hydrogens is 623 g/mol. The Labute approximate surface area is 253 Å². The summed E-state index contributed by atoms with van der Waals surface area (Å²) in [4.78, 5) is 21.1. The zero-order valence-corrected chi connectivity index (χ0v) is 24.6. The zero-order chi connectivity index (χ0) is 32.1. The molecule has 2 heterocycles. The molecule has 0 unspecified atom stereocenters. The first-order valence-electron chi connectivity index (χ1n) is 13.0. The lowest BCUT2D eigenvalue weighted by molar-refractivity contribution is -0.143. The van der Waals surface area contributed by atoms with Crippen LogP contribution in [0.15, 0.2) is 48.7 Å². The zero-order valence-electron chi connectivity index (χ0n) is 23.1. The normalized spacial score (nSPS) is 17.8. The number of hydrogen-bond donors (Lipinski definition) is 2. The van der Waals surface area contributed by atoms with Crippen molar-refractivity contribution in [3.8, 4) is 11.1 Å². The van der Waals surface area contributed by atoms with Crippen LogP contribution in [-0.2, 0) is 22.6 Å². The van der Waals surface area contributed by atoms with Crippen LogP contribution in [0.5, 0.6) is 0 Å². The van der Waals surface area contributed by atoms with Gasteiger partial charge in [-0.25, -0.2) is 4.98 Å². The third-order valence-corrected chi connectivity index (χ3v) is 8.34. The molecule has 1 aliphatic heterocycles. The fourth-order valence-electron chi connectivity index (χ4n) is 5.07. The SMILES string of the molecule is CN(C(=O)C(C)(C)c1cc(C(F)(F)F)cc(C(F)(F)F)c1)c1cnc(N2CC[C@H](O)[C@H]2CO)cc1-c1ccc(Cl)c(Cl)c1. The van der Waals surface area contributed by atoms with Crippen molar-refractivity contribution in [1.29, 1.82) is 0 Å². The van der Waals surface area contributed by atoms with E-state index in [1.54, 1.807) is 17.0 Å². The summed E-state index contributed by atoms with van der Waals surface area (Å²) in [7, 11) is 1.33. The number of carbonyl (C=O) groups excluding carboxylic acids is 1. The first-order valence-corrected chi connectivity index (χ1v) is 13.7. The second kappa shape index (κ2) is 11.8. The lowest BCUT2D eigenvalue weighted by Crippen LogP contribution is -2.42. The van der Waals surface area contributed by atoms with Crippen molar-refractivity contribution in [3.05, 3.63) is 75.4 Å². The second-order valence-corrected chi connectivity index (χ2v) is 11.6. The number of rotatable bonds is 6. The van der Waals surface area contributed by atoms with Crippen molar-refractivity contribution in [1.82, 2.24) is 4.98 Å². The van der Waals surface area contributed by atoms with E-state index in [1.165, 1.54) is 39.2 Å². The molecule has 0 bridgehead atoms. The molecule has 14 heteroatoms. The molecule has 1 amide bonds. The molecule has 2 atom stereocenters. The molecule has 1 fully saturated rings. The van der Waals surface area contributed by atoms with E-state index in [9.17, 15) is 41.4 Å². The summed E-state index contributed by atoms with van der Waals surface area (Å²) in [6.07, 6.45) is -9.28. The number of aromatic nitrogens is 1. The summed E-state index contributed by atoms with van der Waals surface area (Å²) in [6.45, 7) is 2.49. The van der Waals surface area contributed by atoms with Crippen molar-refractivity contribution >= 4 is 40.6 Å². The van der Waals surface area contributed by atoms with E-state index in [4.69, 9.17) is 23.2 Å². The lowest BCUT2D eigenvalue weighted by atomic mass is 9.81. The van der Waals surface area contributed by atoms with E-state index >= 15 is 0 Å². The molecule has 2 N–H and O–H groups in total. The van der Waals surface area contributed by atoms with Crippen molar-refractivity contribution in [2.24, 2.45) is 0 Å². The smallest absolute Gasteiger partial charge is 0.394 e. The number of alkyl halides is 6. The fraction of sp³-hybridized carbons (Fsp3) is 0.379. The molecule has 0 radical (unpaired) electrons. The lowest BCUT2D eigenvalue weighted by Gasteiger charge is -2.32. The predicted octanol–water partition coefficient (Wildman–Crippen LogP) is 6.97. The number of carbonyl (C=O) groups is 1. The van der Waals surface area contributed by atoms with Crippen LogP contribution in [0.4, 0.5) is 37.8 Å². The average molecular weight is 650 g/mol. The molecule has 4 rings (SSSR count). The Balaban J connectivity index is 1.83. The molecule has 0 aliphatic carbocycles. The van der Waals surface area contributed by atoms with Gasteiger partial charge in [0.05, 0.1) is 57.2 Å². The van der Waals surface area contributed by atoms with Crippen LogP contribution in [0.3, 0.4) is 0 Å². The summed E-state index contributed by atoms with van der Waals surface area (Å²) >= 11 is 12.4. The minimum atomic E-state index is -5.09. The average Bonchev–Trinajstić information content (AvgIpc) is 3.32. The third kappa shape index (κ3) is 6.57. The summed E-state index contributed by atoms with van der Waals surface area (Å²) < 4.78 is 81.4. The maximum atomic E-state index is 13.9. The summed E-state index contributed by atoms with van der Waals surface area (Å²) in [6, 6.07) is 6.71. The number of nitrogens with zero attached hydrogens (tertiary/aromatic N) is 3. The van der Waals surface area contributed by atoms with Crippen LogP contribution < -0.4 is 9.80 Å². The van der Waals surface area contributed by atoms with Crippen LogP contribution in [0, 0.1) is 0 Å². The van der Waals surface area contributed by atoms with E-state index < -0.39 is 52.5 Å². The second-order valence-electron chi connectivity index (χ2n) is 10.8. The Morgan fingerprint density at radius 3 is 2.09 bits per heavy atom. The molecule has 1 saturated heterocycles. The van der Waals surface area contributed by atoms with E-state index in [2.05, 4.69) is 4.98 Å². The molecule has 1 aromatic heterocycles. The Kier molecular flexibility index (Phi) is 9.01. The highest BCUT2D eigenvalue weighted by Gasteiger charge is 2.41. The van der Waals surface area contributed by atoms with Crippen LogP contribution in [0.25, 0.3) is 11.1 Å². The van der Waals surface area contributed by atoms with Gasteiger partial charge in [0.25, 0.3) is 0 Å². The predicted molar refractivity (Wildman–Crippen MR) is 151 cm³/mol. The van der Waals surface area contributed by atoms with Gasteiger partial charge in [-0.05, 0) is 67.8 Å². The number of pyridine rings is 1. The Morgan fingerprint density at radius 1 is 0.977 bits per heavy atom. The highest BCUT2D eigenvalue weighted by atomic mass is 35.5. The van der Waals surface area contributed by atoms with Crippen molar-refractivity contribution in [2.45, 2.75) is 50.2 Å². The van der Waals surface area contributed by atoms with Crippen molar-refractivity contribution in [2.75, 3.05) is 30.0 Å². The molecule has 1 aliphatic rings. The minimum absolute atomic E-state index is 0.00767. The van der Waals surface area contributed by atoms with Crippen LogP contribution in [-0.4, -0.2) is 53.4 Å². The number of aliphatic hydroxyl groups excluding tert-OH is 2. The van der Waals surface area contributed by atoms with Gasteiger partial charge in [0, 0.05) is 19.2 Å². The number of hydrogen-bond acceptors (Lipinski definition) is 5. The van der Waals surface area contributed by atoms with Crippen LogP contribution >= 0.6 is 23.2 Å². The summed E-state index contributed by atoms with van der Waals surface area (Å²) in [5.74, 6) is -0.464. The van der Waals surface area contributed by atoms with E-state index in [1.807, 2.05) is 0 Å². The number of anilines is 2. The van der Waals surface area contributed by atoms with Gasteiger partial charge in [0.2, 0.25) is 5.91 Å². The largest absolute Gasteiger partial charge is 0.416 e. The molecule has 0 spiro atoms. The summed E-state index contributed by atoms with van der Waals surface area (Å²) in [5.41, 5.74) is -4.38. The fourth-order valence-corrected chi connectivity index (χ4v) is 5.36. The molecule has 43 heavy (non-hydrogen) atoms. The topological polar surface area (TPSA) is 76.9 Å². The molecule has 232 valence electrons. The highest BCUT2D eigenvalue weighted by molar-refractivity contribution is 6.42. The molecular formula is C29H27Cl2F6N3O3. The monoisotopic (exact) mass is 649 g/mol. The highest BCUT2D eigenvalue weighted by Crippen LogP contribution is 2.42. The quantitative estimate of drug-likeness (QED) is 0.282. The van der Waals surface area contributed by atoms with E-state index in [0.29, 0.717) is 42.0 Å². The van der Waals surface area contributed by atoms with Gasteiger partial charge in [-0.2, -0.15) is 26.3 Å². The van der Waals surface area contributed by atoms with Crippen molar-refractivity contribution in [3.63, 3.8) is 0 Å². The van der Waals surface area contributed by atoms with E-state index in [0.717, 1.165) is 4.90 Å². The number of aliphatic hydroxyl groups is 2. The maximum absolute atomic E-state index is 13.9. The van der Waals surface area contributed by atoms with Gasteiger partial charge in [0.1, 0.15) is 5.82 Å².